The maximum absolute atomic E-state index is 13.7. The van der Waals surface area contributed by atoms with Crippen LogP contribution in [0.2, 0.25) is 0 Å². The Morgan fingerprint density at radius 3 is 2.19 bits per heavy atom. The third-order valence-corrected chi connectivity index (χ3v) is 7.19. The van der Waals surface area contributed by atoms with Crippen molar-refractivity contribution in [3.63, 3.8) is 0 Å². The third-order valence-electron chi connectivity index (χ3n) is 7.19. The second kappa shape index (κ2) is 11.6. The van der Waals surface area contributed by atoms with Crippen molar-refractivity contribution < 1.29 is 69.3 Å². The average molecular weight is 595 g/mol. The second-order valence-corrected chi connectivity index (χ2v) is 10.1. The van der Waals surface area contributed by atoms with Gasteiger partial charge in [-0.15, -0.1) is 0 Å². The largest absolute Gasteiger partial charge is 0.508 e. The van der Waals surface area contributed by atoms with Gasteiger partial charge in [0.2, 0.25) is 17.5 Å². The molecular formula is C27H30O15. The van der Waals surface area contributed by atoms with Crippen molar-refractivity contribution in [3.05, 3.63) is 46.6 Å². The summed E-state index contributed by atoms with van der Waals surface area (Å²) < 4.78 is 27.7. The summed E-state index contributed by atoms with van der Waals surface area (Å²) in [6, 6.07) is 7.46. The first-order chi connectivity index (χ1) is 19.9. The number of benzene rings is 2. The molecular weight excluding hydrogens is 564 g/mol. The summed E-state index contributed by atoms with van der Waals surface area (Å²) in [6.07, 6.45) is -15.5. The molecule has 2 aliphatic rings. The average Bonchev–Trinajstić information content (AvgIpc) is 2.95. The quantitative estimate of drug-likeness (QED) is 0.154. The predicted molar refractivity (Wildman–Crippen MR) is 139 cm³/mol. The van der Waals surface area contributed by atoms with Crippen molar-refractivity contribution >= 4 is 11.0 Å². The van der Waals surface area contributed by atoms with Crippen LogP contribution in [0.25, 0.3) is 22.3 Å². The molecule has 0 spiro atoms. The standard InChI is InChI=1S/C27H30O15/c1-9-17(31)21(35)25(26(37)38-9)39-12-6-13(30)16-14(7-12)40-23(10-2-4-11(29)5-3-10)24(19(16)33)42-27-22(36)20(34)18(32)15(8-28)41-27/h2-7,9,15,17-18,20-22,25-32,34-37H,8H2,1H3. The molecule has 2 aliphatic heterocycles. The van der Waals surface area contributed by atoms with Gasteiger partial charge in [-0.2, -0.15) is 0 Å². The normalized spacial score (nSPS) is 33.4. The van der Waals surface area contributed by atoms with Gasteiger partial charge in [0.15, 0.2) is 18.2 Å². The molecule has 10 atom stereocenters. The van der Waals surface area contributed by atoms with Crippen LogP contribution in [0.5, 0.6) is 23.0 Å². The van der Waals surface area contributed by atoms with Crippen LogP contribution in [0.15, 0.2) is 45.6 Å². The molecule has 10 unspecified atom stereocenters. The number of phenolic OH excluding ortho intramolecular Hbond substituents is 2. The Hall–Kier alpha value is -3.51. The van der Waals surface area contributed by atoms with Crippen molar-refractivity contribution in [2.24, 2.45) is 0 Å². The van der Waals surface area contributed by atoms with Gasteiger partial charge in [-0.3, -0.25) is 4.79 Å². The minimum absolute atomic E-state index is 0.116. The van der Waals surface area contributed by atoms with E-state index in [0.29, 0.717) is 0 Å². The molecule has 3 heterocycles. The van der Waals surface area contributed by atoms with E-state index in [-0.39, 0.29) is 28.4 Å². The fourth-order valence-corrected chi connectivity index (χ4v) is 4.82. The molecule has 228 valence electrons. The van der Waals surface area contributed by atoms with E-state index in [0.717, 1.165) is 6.07 Å². The number of hydrogen-bond acceptors (Lipinski definition) is 15. The van der Waals surface area contributed by atoms with Crippen molar-refractivity contribution in [3.8, 4) is 34.3 Å². The Morgan fingerprint density at radius 2 is 1.52 bits per heavy atom. The van der Waals surface area contributed by atoms with E-state index in [9.17, 15) is 50.8 Å². The Kier molecular flexibility index (Phi) is 8.30. The molecule has 15 heteroatoms. The Labute approximate surface area is 236 Å². The summed E-state index contributed by atoms with van der Waals surface area (Å²) in [4.78, 5) is 13.7. The molecule has 42 heavy (non-hydrogen) atoms. The summed E-state index contributed by atoms with van der Waals surface area (Å²) in [5, 5.41) is 91.1. The van der Waals surface area contributed by atoms with E-state index < -0.39 is 90.3 Å². The minimum Gasteiger partial charge on any atom is -0.508 e. The molecule has 9 N–H and O–H groups in total. The number of hydrogen-bond donors (Lipinski definition) is 9. The Bertz CT molecular complexity index is 1470. The van der Waals surface area contributed by atoms with Gasteiger partial charge in [0, 0.05) is 17.7 Å². The smallest absolute Gasteiger partial charge is 0.239 e. The number of aliphatic hydroxyl groups is 7. The molecule has 2 aromatic carbocycles. The van der Waals surface area contributed by atoms with Crippen LogP contribution in [0.4, 0.5) is 0 Å². The van der Waals surface area contributed by atoms with E-state index in [4.69, 9.17) is 23.4 Å². The lowest BCUT2D eigenvalue weighted by atomic mass is 9.99. The number of aliphatic hydroxyl groups excluding tert-OH is 7. The van der Waals surface area contributed by atoms with Crippen molar-refractivity contribution in [1.82, 2.24) is 0 Å². The maximum atomic E-state index is 13.7. The highest BCUT2D eigenvalue weighted by atomic mass is 16.7. The first-order valence-electron chi connectivity index (χ1n) is 12.9. The summed E-state index contributed by atoms with van der Waals surface area (Å²) in [7, 11) is 0. The molecule has 5 rings (SSSR count). The van der Waals surface area contributed by atoms with E-state index in [1.165, 1.54) is 37.3 Å². The summed E-state index contributed by atoms with van der Waals surface area (Å²) in [5.41, 5.74) is -1.04. The molecule has 0 bridgehead atoms. The number of rotatable bonds is 6. The minimum atomic E-state index is -1.87. The van der Waals surface area contributed by atoms with Gasteiger partial charge in [0.05, 0.1) is 12.7 Å². The number of aromatic hydroxyl groups is 2. The van der Waals surface area contributed by atoms with Crippen LogP contribution in [-0.2, 0) is 9.47 Å². The molecule has 0 amide bonds. The number of fused-ring (bicyclic) bond motifs is 1. The third kappa shape index (κ3) is 5.37. The number of phenols is 2. The topological polar surface area (TPSA) is 249 Å². The fourth-order valence-electron chi connectivity index (χ4n) is 4.82. The molecule has 2 fully saturated rings. The van der Waals surface area contributed by atoms with E-state index in [1.807, 2.05) is 0 Å². The summed E-state index contributed by atoms with van der Waals surface area (Å²) >= 11 is 0. The molecule has 2 saturated heterocycles. The highest BCUT2D eigenvalue weighted by Crippen LogP contribution is 2.38. The zero-order valence-corrected chi connectivity index (χ0v) is 21.9. The van der Waals surface area contributed by atoms with Crippen LogP contribution >= 0.6 is 0 Å². The monoisotopic (exact) mass is 594 g/mol. The van der Waals surface area contributed by atoms with Crippen molar-refractivity contribution in [2.75, 3.05) is 6.61 Å². The van der Waals surface area contributed by atoms with E-state index in [2.05, 4.69) is 0 Å². The zero-order chi connectivity index (χ0) is 30.5. The highest BCUT2D eigenvalue weighted by molar-refractivity contribution is 5.88. The van der Waals surface area contributed by atoms with Gasteiger partial charge in [-0.25, -0.2) is 0 Å². The highest BCUT2D eigenvalue weighted by Gasteiger charge is 2.46. The lowest BCUT2D eigenvalue weighted by Gasteiger charge is -2.39. The first-order valence-corrected chi connectivity index (χ1v) is 12.9. The zero-order valence-electron chi connectivity index (χ0n) is 21.9. The van der Waals surface area contributed by atoms with Crippen LogP contribution in [-0.4, -0.2) is 114 Å². The number of ether oxygens (including phenoxy) is 4. The van der Waals surface area contributed by atoms with Crippen LogP contribution < -0.4 is 14.9 Å². The summed E-state index contributed by atoms with van der Waals surface area (Å²) in [5.74, 6) is -1.84. The predicted octanol–water partition coefficient (Wildman–Crippen LogP) is -1.74. The van der Waals surface area contributed by atoms with Gasteiger partial charge in [-0.1, -0.05) is 0 Å². The summed E-state index contributed by atoms with van der Waals surface area (Å²) in [6.45, 7) is 0.690. The van der Waals surface area contributed by atoms with E-state index >= 15 is 0 Å². The molecule has 0 saturated carbocycles. The molecule has 15 nitrogen and oxygen atoms in total. The Balaban J connectivity index is 1.59. The molecule has 0 aliphatic carbocycles. The lowest BCUT2D eigenvalue weighted by molar-refractivity contribution is -0.277. The van der Waals surface area contributed by atoms with Crippen LogP contribution in [0.3, 0.4) is 0 Å². The van der Waals surface area contributed by atoms with Gasteiger partial charge >= 0.3 is 0 Å². The SMILES string of the molecule is CC1OC(O)C(Oc2cc(O)c3c(=O)c(OC4OC(CO)C(O)C(O)C4O)c(-c4ccc(O)cc4)oc3c2)C(O)C1O. The molecule has 0 radical (unpaired) electrons. The first kappa shape index (κ1) is 30.0. The van der Waals surface area contributed by atoms with Crippen LogP contribution in [0, 0.1) is 0 Å². The van der Waals surface area contributed by atoms with Crippen LogP contribution in [0.1, 0.15) is 6.92 Å². The van der Waals surface area contributed by atoms with Crippen molar-refractivity contribution in [1.29, 1.82) is 0 Å². The lowest BCUT2D eigenvalue weighted by Crippen LogP contribution is -2.60. The maximum Gasteiger partial charge on any atom is 0.239 e. The fraction of sp³-hybridized carbons (Fsp3) is 0.444. The molecule has 1 aromatic heterocycles. The van der Waals surface area contributed by atoms with Crippen molar-refractivity contribution in [2.45, 2.75) is 68.3 Å². The van der Waals surface area contributed by atoms with Gasteiger partial charge in [0.1, 0.15) is 64.8 Å². The van der Waals surface area contributed by atoms with Gasteiger partial charge in [0.25, 0.3) is 0 Å². The van der Waals surface area contributed by atoms with E-state index in [1.54, 1.807) is 0 Å². The molecule has 3 aromatic rings. The van der Waals surface area contributed by atoms with Gasteiger partial charge < -0.3 is 69.3 Å². The Morgan fingerprint density at radius 1 is 0.833 bits per heavy atom. The van der Waals surface area contributed by atoms with Gasteiger partial charge in [-0.05, 0) is 31.2 Å². The second-order valence-electron chi connectivity index (χ2n) is 10.1.